The second-order valence-corrected chi connectivity index (χ2v) is 5.13. The van der Waals surface area contributed by atoms with Gasteiger partial charge in [0.15, 0.2) is 0 Å². The molecule has 0 aromatic carbocycles. The van der Waals surface area contributed by atoms with Gasteiger partial charge in [0.05, 0.1) is 26.3 Å². The van der Waals surface area contributed by atoms with Crippen molar-refractivity contribution in [2.75, 3.05) is 65.6 Å². The monoisotopic (exact) mass is 294 g/mol. The van der Waals surface area contributed by atoms with Crippen LogP contribution in [0, 0.1) is 12.3 Å². The lowest BCUT2D eigenvalue weighted by molar-refractivity contribution is -0.122. The van der Waals surface area contributed by atoms with Crippen LogP contribution in [0.25, 0.3) is 0 Å². The zero-order valence-electron chi connectivity index (χ0n) is 12.2. The van der Waals surface area contributed by atoms with E-state index in [9.17, 15) is 9.59 Å². The van der Waals surface area contributed by atoms with Gasteiger partial charge in [0.1, 0.15) is 0 Å². The Labute approximate surface area is 125 Å². The Bertz CT molecular complexity index is 407. The molecule has 0 aliphatic carbocycles. The molecule has 0 spiro atoms. The predicted molar refractivity (Wildman–Crippen MR) is 77.6 cm³/mol. The fraction of sp³-hybridized carbons (Fsp3) is 0.714. The first-order chi connectivity index (χ1) is 10.2. The maximum atomic E-state index is 12.3. The Morgan fingerprint density at radius 1 is 1.05 bits per heavy atom. The van der Waals surface area contributed by atoms with E-state index in [1.165, 1.54) is 0 Å². The first-order valence-corrected chi connectivity index (χ1v) is 7.25. The lowest BCUT2D eigenvalue weighted by Gasteiger charge is -2.38. The minimum absolute atomic E-state index is 0.0686. The molecule has 2 aliphatic heterocycles. The summed E-state index contributed by atoms with van der Waals surface area (Å²) in [5.74, 6) is 2.31. The molecule has 0 aromatic heterocycles. The standard InChI is InChI=1S/C14H22N4O3/c1-2-3-15-13(19)12-16-4-6-17(7-5-16)14(20)18-8-10-21-11-9-18/h1H,3-12H2,(H,15,19). The summed E-state index contributed by atoms with van der Waals surface area (Å²) in [6.45, 7) is 5.86. The largest absolute Gasteiger partial charge is 0.378 e. The van der Waals surface area contributed by atoms with Gasteiger partial charge >= 0.3 is 6.03 Å². The third-order valence-corrected chi connectivity index (χ3v) is 3.68. The molecule has 0 bridgehead atoms. The van der Waals surface area contributed by atoms with Gasteiger partial charge in [0.25, 0.3) is 0 Å². The van der Waals surface area contributed by atoms with Crippen molar-refractivity contribution in [2.24, 2.45) is 0 Å². The summed E-state index contributed by atoms with van der Waals surface area (Å²) in [6, 6.07) is 0.0785. The smallest absolute Gasteiger partial charge is 0.320 e. The number of carbonyl (C=O) groups excluding carboxylic acids is 2. The van der Waals surface area contributed by atoms with Gasteiger partial charge in [0, 0.05) is 39.3 Å². The van der Waals surface area contributed by atoms with Crippen molar-refractivity contribution in [3.05, 3.63) is 0 Å². The van der Waals surface area contributed by atoms with Gasteiger partial charge in [-0.2, -0.15) is 0 Å². The average molecular weight is 294 g/mol. The Morgan fingerprint density at radius 2 is 1.67 bits per heavy atom. The lowest BCUT2D eigenvalue weighted by atomic mass is 10.3. The molecule has 1 N–H and O–H groups in total. The first kappa shape index (κ1) is 15.6. The molecule has 3 amide bonds. The number of hydrogen-bond acceptors (Lipinski definition) is 4. The van der Waals surface area contributed by atoms with Crippen molar-refractivity contribution < 1.29 is 14.3 Å². The molecule has 0 unspecified atom stereocenters. The van der Waals surface area contributed by atoms with Crippen molar-refractivity contribution in [1.82, 2.24) is 20.0 Å². The van der Waals surface area contributed by atoms with E-state index in [0.717, 1.165) is 0 Å². The zero-order valence-corrected chi connectivity index (χ0v) is 12.2. The van der Waals surface area contributed by atoms with E-state index in [1.54, 1.807) is 0 Å². The van der Waals surface area contributed by atoms with E-state index in [2.05, 4.69) is 11.2 Å². The Hall–Kier alpha value is -1.78. The van der Waals surface area contributed by atoms with Crippen LogP contribution in [0.1, 0.15) is 0 Å². The van der Waals surface area contributed by atoms with Gasteiger partial charge in [-0.3, -0.25) is 9.69 Å². The molecule has 0 aromatic rings. The number of carbonyl (C=O) groups is 2. The van der Waals surface area contributed by atoms with Crippen LogP contribution in [0.15, 0.2) is 0 Å². The number of terminal acetylenes is 1. The van der Waals surface area contributed by atoms with Gasteiger partial charge in [0.2, 0.25) is 5.91 Å². The SMILES string of the molecule is C#CCNC(=O)CN1CCN(C(=O)N2CCOCC2)CC1. The molecule has 2 heterocycles. The number of nitrogens with one attached hydrogen (secondary N) is 1. The molecule has 21 heavy (non-hydrogen) atoms. The maximum Gasteiger partial charge on any atom is 0.320 e. The number of nitrogens with zero attached hydrogens (tertiary/aromatic N) is 3. The second kappa shape index (κ2) is 7.86. The Balaban J connectivity index is 1.71. The highest BCUT2D eigenvalue weighted by molar-refractivity contribution is 5.78. The van der Waals surface area contributed by atoms with Gasteiger partial charge in [-0.15, -0.1) is 6.42 Å². The summed E-state index contributed by atoms with van der Waals surface area (Å²) in [5.41, 5.74) is 0. The molecule has 7 nitrogen and oxygen atoms in total. The molecule has 2 aliphatic rings. The second-order valence-electron chi connectivity index (χ2n) is 5.13. The Kier molecular flexibility index (Phi) is 5.84. The van der Waals surface area contributed by atoms with E-state index < -0.39 is 0 Å². The number of ether oxygens (including phenoxy) is 1. The van der Waals surface area contributed by atoms with Crippen molar-refractivity contribution in [3.63, 3.8) is 0 Å². The summed E-state index contributed by atoms with van der Waals surface area (Å²) in [6.07, 6.45) is 5.10. The minimum atomic E-state index is -0.0686. The number of amides is 3. The predicted octanol–water partition coefficient (Wildman–Crippen LogP) is -1.19. The van der Waals surface area contributed by atoms with Gasteiger partial charge in [-0.1, -0.05) is 5.92 Å². The third-order valence-electron chi connectivity index (χ3n) is 3.68. The lowest BCUT2D eigenvalue weighted by Crippen LogP contribution is -2.55. The molecule has 2 fully saturated rings. The van der Waals surface area contributed by atoms with E-state index in [-0.39, 0.29) is 18.5 Å². The maximum absolute atomic E-state index is 12.3. The zero-order chi connectivity index (χ0) is 15.1. The average Bonchev–Trinajstić information content (AvgIpc) is 2.54. The van der Waals surface area contributed by atoms with Gasteiger partial charge in [-0.05, 0) is 0 Å². The normalized spacial score (nSPS) is 20.0. The van der Waals surface area contributed by atoms with Crippen molar-refractivity contribution in [1.29, 1.82) is 0 Å². The molecule has 0 saturated carbocycles. The fourth-order valence-electron chi connectivity index (χ4n) is 2.46. The third kappa shape index (κ3) is 4.62. The summed E-state index contributed by atoms with van der Waals surface area (Å²) >= 11 is 0. The number of hydrogen-bond donors (Lipinski definition) is 1. The van der Waals surface area contributed by atoms with Crippen molar-refractivity contribution >= 4 is 11.9 Å². The van der Waals surface area contributed by atoms with Gasteiger partial charge < -0.3 is 19.9 Å². The summed E-state index contributed by atoms with van der Waals surface area (Å²) in [7, 11) is 0. The van der Waals surface area contributed by atoms with E-state index in [0.29, 0.717) is 59.0 Å². The highest BCUT2D eigenvalue weighted by Gasteiger charge is 2.26. The number of urea groups is 1. The Morgan fingerprint density at radius 3 is 2.29 bits per heavy atom. The summed E-state index contributed by atoms with van der Waals surface area (Å²) < 4.78 is 5.25. The molecule has 116 valence electrons. The molecule has 2 saturated heterocycles. The van der Waals surface area contributed by atoms with Crippen LogP contribution >= 0.6 is 0 Å². The van der Waals surface area contributed by atoms with Crippen LogP contribution in [0.4, 0.5) is 4.79 Å². The summed E-state index contributed by atoms with van der Waals surface area (Å²) in [5, 5.41) is 2.65. The van der Waals surface area contributed by atoms with Gasteiger partial charge in [-0.25, -0.2) is 4.79 Å². The van der Waals surface area contributed by atoms with Crippen LogP contribution in [0.3, 0.4) is 0 Å². The van der Waals surface area contributed by atoms with E-state index in [1.807, 2.05) is 14.7 Å². The van der Waals surface area contributed by atoms with Crippen molar-refractivity contribution in [2.45, 2.75) is 0 Å². The number of piperazine rings is 1. The van der Waals surface area contributed by atoms with Crippen LogP contribution < -0.4 is 5.32 Å². The van der Waals surface area contributed by atoms with Crippen LogP contribution in [-0.4, -0.2) is 92.2 Å². The molecule has 2 rings (SSSR count). The molecule has 7 heteroatoms. The minimum Gasteiger partial charge on any atom is -0.378 e. The topological polar surface area (TPSA) is 65.1 Å². The molecular formula is C14H22N4O3. The highest BCUT2D eigenvalue weighted by Crippen LogP contribution is 2.07. The molecule has 0 atom stereocenters. The van der Waals surface area contributed by atoms with E-state index in [4.69, 9.17) is 11.2 Å². The quantitative estimate of drug-likeness (QED) is 0.665. The summed E-state index contributed by atoms with van der Waals surface area (Å²) in [4.78, 5) is 29.6. The molecular weight excluding hydrogens is 272 g/mol. The van der Waals surface area contributed by atoms with E-state index >= 15 is 0 Å². The van der Waals surface area contributed by atoms with Crippen LogP contribution in [0.5, 0.6) is 0 Å². The van der Waals surface area contributed by atoms with Crippen molar-refractivity contribution in [3.8, 4) is 12.3 Å². The fourth-order valence-corrected chi connectivity index (χ4v) is 2.46. The first-order valence-electron chi connectivity index (χ1n) is 7.25. The number of morpholine rings is 1. The van der Waals surface area contributed by atoms with Crippen LogP contribution in [-0.2, 0) is 9.53 Å². The molecule has 0 radical (unpaired) electrons. The number of rotatable bonds is 3. The van der Waals surface area contributed by atoms with Crippen LogP contribution in [0.2, 0.25) is 0 Å². The highest BCUT2D eigenvalue weighted by atomic mass is 16.5.